The van der Waals surface area contributed by atoms with Crippen molar-refractivity contribution < 1.29 is 23.2 Å². The Morgan fingerprint density at radius 1 is 1.27 bits per heavy atom. The fourth-order valence-corrected chi connectivity index (χ4v) is 1.20. The van der Waals surface area contributed by atoms with Crippen LogP contribution in [0.2, 0.25) is 0 Å². The number of rotatable bonds is 7. The van der Waals surface area contributed by atoms with Gasteiger partial charge in [0.15, 0.2) is 0 Å². The first kappa shape index (κ1) is 13.9. The van der Waals surface area contributed by atoms with Gasteiger partial charge in [0.1, 0.15) is 0 Å². The van der Waals surface area contributed by atoms with Crippen LogP contribution in [-0.2, 0) is 23.2 Å². The van der Waals surface area contributed by atoms with Gasteiger partial charge in [0.2, 0.25) is 0 Å². The fourth-order valence-electron chi connectivity index (χ4n) is 0.633. The molecule has 0 unspecified atom stereocenters. The van der Waals surface area contributed by atoms with Crippen LogP contribution in [0.5, 0.6) is 0 Å². The molecule has 0 aromatic rings. The molecule has 0 fully saturated rings. The van der Waals surface area contributed by atoms with Crippen molar-refractivity contribution in [2.24, 2.45) is 0 Å². The van der Waals surface area contributed by atoms with E-state index in [0.717, 1.165) is 0 Å². The van der Waals surface area contributed by atoms with Crippen LogP contribution in [-0.4, -0.2) is 35.2 Å². The third-order valence-corrected chi connectivity index (χ3v) is 2.34. The van der Waals surface area contributed by atoms with Crippen molar-refractivity contribution in [2.75, 3.05) is 13.2 Å². The van der Waals surface area contributed by atoms with E-state index in [0.29, 0.717) is 25.2 Å². The van der Waals surface area contributed by atoms with Gasteiger partial charge in [-0.3, -0.25) is 4.79 Å². The smallest absolute Gasteiger partial charge is 0.369 e. The lowest BCUT2D eigenvalue weighted by Gasteiger charge is -2.05. The summed E-state index contributed by atoms with van der Waals surface area (Å²) < 4.78 is 14.6. The summed E-state index contributed by atoms with van der Waals surface area (Å²) >= 11 is 0. The predicted molar refractivity (Wildman–Crippen MR) is 56.7 cm³/mol. The van der Waals surface area contributed by atoms with Crippen LogP contribution < -0.4 is 0 Å². The number of hydrogen-bond donors (Lipinski definition) is 0. The van der Waals surface area contributed by atoms with Gasteiger partial charge in [0.05, 0.1) is 6.61 Å². The molecule has 0 saturated carbocycles. The van der Waals surface area contributed by atoms with Crippen molar-refractivity contribution in [1.29, 1.82) is 0 Å². The Labute approximate surface area is 91.5 Å². The molecule has 86 valence electrons. The molecule has 0 bridgehead atoms. The molecule has 15 heavy (non-hydrogen) atoms. The summed E-state index contributed by atoms with van der Waals surface area (Å²) in [6.45, 7) is 7.10. The van der Waals surface area contributed by atoms with E-state index < -0.39 is 16.0 Å². The second kappa shape index (κ2) is 8.19. The number of carbonyl (C=O) groups is 2. The second-order valence-electron chi connectivity index (χ2n) is 2.93. The average Bonchev–Trinajstić information content (AvgIpc) is 2.15. The quantitative estimate of drug-likeness (QED) is 0.269. The Kier molecular flexibility index (Phi) is 7.56. The van der Waals surface area contributed by atoms with Crippen LogP contribution in [0.3, 0.4) is 0 Å². The number of carbonyl (C=O) groups excluding carboxylic acids is 2. The molecule has 0 amide bonds. The van der Waals surface area contributed by atoms with Crippen LogP contribution in [0, 0.1) is 0 Å². The molecule has 5 nitrogen and oxygen atoms in total. The van der Waals surface area contributed by atoms with Gasteiger partial charge >= 0.3 is 16.0 Å². The molecule has 0 radical (unpaired) electrons. The van der Waals surface area contributed by atoms with E-state index in [-0.39, 0.29) is 5.97 Å². The SMILES string of the molecule is C=C(C)C(=O)OCCCO[SiH2]OC(C)=O. The summed E-state index contributed by atoms with van der Waals surface area (Å²) in [5.74, 6) is -0.720. The Hall–Kier alpha value is -1.14. The molecule has 0 heterocycles. The first-order valence-corrected chi connectivity index (χ1v) is 5.73. The topological polar surface area (TPSA) is 61.8 Å². The second-order valence-corrected chi connectivity index (χ2v) is 3.86. The van der Waals surface area contributed by atoms with Gasteiger partial charge in [-0.15, -0.1) is 0 Å². The lowest BCUT2D eigenvalue weighted by Crippen LogP contribution is -2.12. The lowest BCUT2D eigenvalue weighted by atomic mass is 10.4. The van der Waals surface area contributed by atoms with Crippen LogP contribution >= 0.6 is 0 Å². The van der Waals surface area contributed by atoms with Crippen molar-refractivity contribution >= 4 is 21.9 Å². The largest absolute Gasteiger partial charge is 0.499 e. The highest BCUT2D eigenvalue weighted by molar-refractivity contribution is 6.22. The maximum Gasteiger partial charge on any atom is 0.369 e. The van der Waals surface area contributed by atoms with Crippen molar-refractivity contribution in [1.82, 2.24) is 0 Å². The molecule has 0 aliphatic heterocycles. The summed E-state index contributed by atoms with van der Waals surface area (Å²) in [5, 5.41) is 0. The summed E-state index contributed by atoms with van der Waals surface area (Å²) in [6.07, 6.45) is 0.591. The molecule has 0 saturated heterocycles. The monoisotopic (exact) mass is 232 g/mol. The molecule has 0 rings (SSSR count). The van der Waals surface area contributed by atoms with Gasteiger partial charge in [-0.1, -0.05) is 6.58 Å². The highest BCUT2D eigenvalue weighted by Gasteiger charge is 2.01. The third kappa shape index (κ3) is 9.17. The van der Waals surface area contributed by atoms with Gasteiger partial charge < -0.3 is 13.6 Å². The number of ether oxygens (including phenoxy) is 1. The molecule has 0 N–H and O–H groups in total. The van der Waals surface area contributed by atoms with Gasteiger partial charge in [-0.05, 0) is 6.92 Å². The molecular formula is C9H16O5Si. The molecular weight excluding hydrogens is 216 g/mol. The van der Waals surface area contributed by atoms with Crippen LogP contribution in [0.15, 0.2) is 12.2 Å². The Morgan fingerprint density at radius 2 is 1.93 bits per heavy atom. The van der Waals surface area contributed by atoms with Gasteiger partial charge in [0, 0.05) is 25.5 Å². The summed E-state index contributed by atoms with van der Waals surface area (Å²) in [7, 11) is -1.21. The Morgan fingerprint density at radius 3 is 2.47 bits per heavy atom. The minimum absolute atomic E-state index is 0.292. The van der Waals surface area contributed by atoms with Crippen LogP contribution in [0.1, 0.15) is 20.3 Å². The van der Waals surface area contributed by atoms with Crippen molar-refractivity contribution in [3.05, 3.63) is 12.2 Å². The van der Waals surface area contributed by atoms with Crippen LogP contribution in [0.25, 0.3) is 0 Å². The normalized spacial score (nSPS) is 10.3. The Balaban J connectivity index is 3.22. The minimum Gasteiger partial charge on any atom is -0.499 e. The van der Waals surface area contributed by atoms with E-state index in [1.165, 1.54) is 6.92 Å². The summed E-state index contributed by atoms with van der Waals surface area (Å²) in [5.41, 5.74) is 0.380. The van der Waals surface area contributed by atoms with E-state index >= 15 is 0 Å². The molecule has 6 heteroatoms. The predicted octanol–water partition coefficient (Wildman–Crippen LogP) is 0.0743. The third-order valence-electron chi connectivity index (χ3n) is 1.36. The van der Waals surface area contributed by atoms with Crippen LogP contribution in [0.4, 0.5) is 0 Å². The van der Waals surface area contributed by atoms with Gasteiger partial charge in [-0.2, -0.15) is 0 Å². The van der Waals surface area contributed by atoms with E-state index in [1.807, 2.05) is 0 Å². The average molecular weight is 232 g/mol. The first-order valence-electron chi connectivity index (χ1n) is 4.57. The van der Waals surface area contributed by atoms with E-state index in [2.05, 4.69) is 11.0 Å². The van der Waals surface area contributed by atoms with E-state index in [1.54, 1.807) is 6.92 Å². The van der Waals surface area contributed by atoms with E-state index in [9.17, 15) is 9.59 Å². The van der Waals surface area contributed by atoms with Crippen molar-refractivity contribution in [3.8, 4) is 0 Å². The highest BCUT2D eigenvalue weighted by Crippen LogP contribution is 1.93. The lowest BCUT2D eigenvalue weighted by molar-refractivity contribution is -0.139. The molecule has 0 atom stereocenters. The minimum atomic E-state index is -1.21. The van der Waals surface area contributed by atoms with Gasteiger partial charge in [-0.25, -0.2) is 4.79 Å². The first-order chi connectivity index (χ1) is 7.04. The molecule has 0 aromatic carbocycles. The zero-order chi connectivity index (χ0) is 11.7. The molecule has 0 spiro atoms. The highest BCUT2D eigenvalue weighted by atomic mass is 28.3. The van der Waals surface area contributed by atoms with Gasteiger partial charge in [0.25, 0.3) is 5.97 Å². The standard InChI is InChI=1S/C9H16O5Si/c1-7(2)9(11)12-5-4-6-13-15-14-8(3)10/h1,4-6,15H2,2-3H3. The maximum atomic E-state index is 10.9. The Bertz CT molecular complexity index is 239. The number of hydrogen-bond acceptors (Lipinski definition) is 5. The van der Waals surface area contributed by atoms with E-state index in [4.69, 9.17) is 9.16 Å². The maximum absolute atomic E-state index is 10.9. The molecule has 0 aromatic heterocycles. The summed E-state index contributed by atoms with van der Waals surface area (Å²) in [6, 6.07) is 0. The zero-order valence-corrected chi connectivity index (χ0v) is 10.5. The molecule has 0 aliphatic rings. The van der Waals surface area contributed by atoms with Crippen molar-refractivity contribution in [2.45, 2.75) is 20.3 Å². The molecule has 0 aliphatic carbocycles. The number of esters is 1. The van der Waals surface area contributed by atoms with Crippen molar-refractivity contribution in [3.63, 3.8) is 0 Å². The fraction of sp³-hybridized carbons (Fsp3) is 0.556. The summed E-state index contributed by atoms with van der Waals surface area (Å²) in [4.78, 5) is 21.2. The zero-order valence-electron chi connectivity index (χ0n) is 9.08.